The Kier molecular flexibility index (Phi) is 3.08. The lowest BCUT2D eigenvalue weighted by Crippen LogP contribution is -2.02. The van der Waals surface area contributed by atoms with Crippen LogP contribution < -0.4 is 5.73 Å². The SMILES string of the molecule is CCc1cc(N)n(-c2ccc(Cl)cc2Cl)n1. The van der Waals surface area contributed by atoms with Gasteiger partial charge in [-0.25, -0.2) is 4.68 Å². The molecule has 0 unspecified atom stereocenters. The summed E-state index contributed by atoms with van der Waals surface area (Å²) in [7, 11) is 0. The first-order valence-electron chi connectivity index (χ1n) is 4.91. The molecule has 1 heterocycles. The quantitative estimate of drug-likeness (QED) is 0.895. The number of nitrogen functional groups attached to an aromatic ring is 1. The number of aryl methyl sites for hydroxylation is 1. The van der Waals surface area contributed by atoms with E-state index in [0.29, 0.717) is 15.9 Å². The van der Waals surface area contributed by atoms with E-state index in [1.54, 1.807) is 22.9 Å². The number of halogens is 2. The standard InChI is InChI=1S/C11H11Cl2N3/c1-2-8-6-11(14)16(15-8)10-4-3-7(12)5-9(10)13/h3-6H,2,14H2,1H3. The summed E-state index contributed by atoms with van der Waals surface area (Å²) in [5.41, 5.74) is 7.54. The monoisotopic (exact) mass is 255 g/mol. The summed E-state index contributed by atoms with van der Waals surface area (Å²) in [4.78, 5) is 0. The number of benzene rings is 1. The van der Waals surface area contributed by atoms with E-state index < -0.39 is 0 Å². The number of hydrogen-bond acceptors (Lipinski definition) is 2. The predicted molar refractivity (Wildman–Crippen MR) is 67.4 cm³/mol. The molecule has 3 nitrogen and oxygen atoms in total. The second kappa shape index (κ2) is 4.36. The summed E-state index contributed by atoms with van der Waals surface area (Å²) < 4.78 is 1.62. The zero-order chi connectivity index (χ0) is 11.7. The van der Waals surface area contributed by atoms with Gasteiger partial charge in [0.15, 0.2) is 0 Å². The van der Waals surface area contributed by atoms with Gasteiger partial charge < -0.3 is 5.73 Å². The molecule has 0 atom stereocenters. The van der Waals surface area contributed by atoms with Gasteiger partial charge in [-0.05, 0) is 24.6 Å². The number of hydrogen-bond donors (Lipinski definition) is 1. The van der Waals surface area contributed by atoms with Crippen LogP contribution in [0.5, 0.6) is 0 Å². The van der Waals surface area contributed by atoms with E-state index in [-0.39, 0.29) is 0 Å². The van der Waals surface area contributed by atoms with Gasteiger partial charge in [-0.1, -0.05) is 30.1 Å². The van der Waals surface area contributed by atoms with Crippen molar-refractivity contribution in [2.45, 2.75) is 13.3 Å². The maximum Gasteiger partial charge on any atom is 0.127 e. The molecular formula is C11H11Cl2N3. The average Bonchev–Trinajstić information content (AvgIpc) is 2.60. The van der Waals surface area contributed by atoms with Crippen LogP contribution >= 0.6 is 23.2 Å². The topological polar surface area (TPSA) is 43.8 Å². The summed E-state index contributed by atoms with van der Waals surface area (Å²) in [5.74, 6) is 0.570. The Morgan fingerprint density at radius 3 is 2.62 bits per heavy atom. The molecule has 2 aromatic rings. The molecule has 5 heteroatoms. The summed E-state index contributed by atoms with van der Waals surface area (Å²) in [6.07, 6.45) is 0.836. The Morgan fingerprint density at radius 2 is 2.06 bits per heavy atom. The first-order valence-corrected chi connectivity index (χ1v) is 5.67. The van der Waals surface area contributed by atoms with Gasteiger partial charge in [-0.3, -0.25) is 0 Å². The van der Waals surface area contributed by atoms with Crippen LogP contribution in [0.1, 0.15) is 12.6 Å². The fourth-order valence-electron chi connectivity index (χ4n) is 1.47. The van der Waals surface area contributed by atoms with E-state index in [4.69, 9.17) is 28.9 Å². The molecule has 2 rings (SSSR count). The van der Waals surface area contributed by atoms with Gasteiger partial charge in [-0.15, -0.1) is 0 Å². The normalized spacial score (nSPS) is 10.7. The number of aromatic nitrogens is 2. The molecule has 0 radical (unpaired) electrons. The Balaban J connectivity index is 2.53. The largest absolute Gasteiger partial charge is 0.384 e. The third kappa shape index (κ3) is 2.01. The summed E-state index contributed by atoms with van der Waals surface area (Å²) in [5, 5.41) is 5.48. The molecule has 0 aliphatic rings. The molecule has 0 saturated heterocycles. The van der Waals surface area contributed by atoms with E-state index in [1.807, 2.05) is 13.0 Å². The number of nitrogens with two attached hydrogens (primary N) is 1. The molecule has 1 aromatic heterocycles. The zero-order valence-corrected chi connectivity index (χ0v) is 10.3. The summed E-state index contributed by atoms with van der Waals surface area (Å²) in [6.45, 7) is 2.02. The predicted octanol–water partition coefficient (Wildman–Crippen LogP) is 3.32. The van der Waals surface area contributed by atoms with Gasteiger partial charge >= 0.3 is 0 Å². The van der Waals surface area contributed by atoms with Crippen LogP contribution in [0.15, 0.2) is 24.3 Å². The molecule has 0 saturated carbocycles. The van der Waals surface area contributed by atoms with Crippen molar-refractivity contribution in [2.75, 3.05) is 5.73 Å². The lowest BCUT2D eigenvalue weighted by atomic mass is 10.3. The number of rotatable bonds is 2. The lowest BCUT2D eigenvalue weighted by molar-refractivity contribution is 0.849. The smallest absolute Gasteiger partial charge is 0.127 e. The van der Waals surface area contributed by atoms with Crippen LogP contribution in [0.4, 0.5) is 5.82 Å². The van der Waals surface area contributed by atoms with Gasteiger partial charge in [0.2, 0.25) is 0 Å². The number of nitrogens with zero attached hydrogens (tertiary/aromatic N) is 2. The summed E-state index contributed by atoms with van der Waals surface area (Å²) in [6, 6.07) is 7.07. The van der Waals surface area contributed by atoms with Gasteiger partial charge in [0.1, 0.15) is 5.82 Å². The van der Waals surface area contributed by atoms with Gasteiger partial charge in [0.25, 0.3) is 0 Å². The Morgan fingerprint density at radius 1 is 1.31 bits per heavy atom. The summed E-state index contributed by atoms with van der Waals surface area (Å²) >= 11 is 11.9. The van der Waals surface area contributed by atoms with Crippen molar-refractivity contribution >= 4 is 29.0 Å². The molecule has 0 aliphatic carbocycles. The van der Waals surface area contributed by atoms with Crippen molar-refractivity contribution in [2.24, 2.45) is 0 Å². The van der Waals surface area contributed by atoms with Crippen molar-refractivity contribution in [1.29, 1.82) is 0 Å². The number of anilines is 1. The van der Waals surface area contributed by atoms with Crippen LogP contribution in [0.25, 0.3) is 5.69 Å². The van der Waals surface area contributed by atoms with E-state index >= 15 is 0 Å². The van der Waals surface area contributed by atoms with E-state index in [2.05, 4.69) is 5.10 Å². The van der Waals surface area contributed by atoms with Crippen LogP contribution in [0.2, 0.25) is 10.0 Å². The molecule has 0 spiro atoms. The Labute approximate surface area is 104 Å². The van der Waals surface area contributed by atoms with Crippen molar-refractivity contribution < 1.29 is 0 Å². The third-order valence-electron chi connectivity index (χ3n) is 2.29. The fraction of sp³-hybridized carbons (Fsp3) is 0.182. The second-order valence-electron chi connectivity index (χ2n) is 3.42. The van der Waals surface area contributed by atoms with E-state index in [0.717, 1.165) is 17.8 Å². The molecule has 0 fully saturated rings. The molecule has 2 N–H and O–H groups in total. The maximum atomic E-state index is 6.09. The lowest BCUT2D eigenvalue weighted by Gasteiger charge is -2.06. The highest BCUT2D eigenvalue weighted by molar-refractivity contribution is 6.35. The minimum atomic E-state index is 0.532. The van der Waals surface area contributed by atoms with Gasteiger partial charge in [0.05, 0.1) is 16.4 Å². The maximum absolute atomic E-state index is 6.09. The molecule has 0 aliphatic heterocycles. The molecule has 84 valence electrons. The zero-order valence-electron chi connectivity index (χ0n) is 8.74. The van der Waals surface area contributed by atoms with Gasteiger partial charge in [0, 0.05) is 11.1 Å². The highest BCUT2D eigenvalue weighted by Gasteiger charge is 2.09. The minimum absolute atomic E-state index is 0.532. The highest BCUT2D eigenvalue weighted by atomic mass is 35.5. The Bertz CT molecular complexity index is 520. The van der Waals surface area contributed by atoms with Gasteiger partial charge in [-0.2, -0.15) is 5.10 Å². The highest BCUT2D eigenvalue weighted by Crippen LogP contribution is 2.26. The third-order valence-corrected chi connectivity index (χ3v) is 2.83. The molecular weight excluding hydrogens is 245 g/mol. The van der Waals surface area contributed by atoms with Crippen LogP contribution in [-0.4, -0.2) is 9.78 Å². The van der Waals surface area contributed by atoms with E-state index in [9.17, 15) is 0 Å². The first-order chi connectivity index (χ1) is 7.61. The van der Waals surface area contributed by atoms with Crippen LogP contribution in [0, 0.1) is 0 Å². The van der Waals surface area contributed by atoms with E-state index in [1.165, 1.54) is 0 Å². The van der Waals surface area contributed by atoms with Crippen molar-refractivity contribution in [1.82, 2.24) is 9.78 Å². The minimum Gasteiger partial charge on any atom is -0.384 e. The fourth-order valence-corrected chi connectivity index (χ4v) is 1.95. The van der Waals surface area contributed by atoms with Crippen LogP contribution in [0.3, 0.4) is 0 Å². The average molecular weight is 256 g/mol. The molecule has 16 heavy (non-hydrogen) atoms. The molecule has 0 amide bonds. The van der Waals surface area contributed by atoms with Crippen molar-refractivity contribution in [3.05, 3.63) is 40.0 Å². The first kappa shape index (κ1) is 11.3. The second-order valence-corrected chi connectivity index (χ2v) is 4.27. The molecule has 0 bridgehead atoms. The van der Waals surface area contributed by atoms with Crippen molar-refractivity contribution in [3.63, 3.8) is 0 Å². The van der Waals surface area contributed by atoms with Crippen molar-refractivity contribution in [3.8, 4) is 5.69 Å². The Hall–Kier alpha value is -1.19. The molecule has 1 aromatic carbocycles. The van der Waals surface area contributed by atoms with Crippen LogP contribution in [-0.2, 0) is 6.42 Å².